The summed E-state index contributed by atoms with van der Waals surface area (Å²) in [6, 6.07) is 13.5. The van der Waals surface area contributed by atoms with Gasteiger partial charge in [0, 0.05) is 32.7 Å². The fourth-order valence-electron chi connectivity index (χ4n) is 2.97. The first-order chi connectivity index (χ1) is 11.2. The minimum Gasteiger partial charge on any atom is -0.506 e. The van der Waals surface area contributed by atoms with E-state index in [2.05, 4.69) is 15.9 Å². The Hall–Kier alpha value is -1.91. The van der Waals surface area contributed by atoms with E-state index in [0.717, 1.165) is 49.7 Å². The van der Waals surface area contributed by atoms with Crippen LogP contribution in [0.4, 0.5) is 5.69 Å². The molecule has 1 aliphatic heterocycles. The minimum atomic E-state index is 0.150. The Morgan fingerprint density at radius 1 is 1.04 bits per heavy atom. The number of benzene rings is 2. The predicted molar refractivity (Wildman–Crippen MR) is 93.6 cm³/mol. The van der Waals surface area contributed by atoms with Crippen molar-refractivity contribution in [3.05, 3.63) is 53.1 Å². The molecule has 1 N–H and O–H groups in total. The van der Waals surface area contributed by atoms with Gasteiger partial charge in [-0.25, -0.2) is 0 Å². The number of methoxy groups -OCH3 is 1. The van der Waals surface area contributed by atoms with Gasteiger partial charge in [0.2, 0.25) is 0 Å². The Balaban J connectivity index is 1.63. The van der Waals surface area contributed by atoms with Crippen LogP contribution < -0.4 is 9.64 Å². The molecule has 2 aromatic rings. The highest BCUT2D eigenvalue weighted by Gasteiger charge is 2.20. The van der Waals surface area contributed by atoms with Crippen molar-refractivity contribution < 1.29 is 9.84 Å². The summed E-state index contributed by atoms with van der Waals surface area (Å²) < 4.78 is 5.45. The van der Waals surface area contributed by atoms with Crippen LogP contribution >= 0.6 is 11.6 Å². The molecule has 0 saturated carbocycles. The van der Waals surface area contributed by atoms with Crippen molar-refractivity contribution >= 4 is 17.3 Å². The topological polar surface area (TPSA) is 35.9 Å². The molecule has 2 aromatic carbocycles. The van der Waals surface area contributed by atoms with Crippen molar-refractivity contribution in [3.63, 3.8) is 0 Å². The molecule has 0 atom stereocenters. The Bertz CT molecular complexity index is 670. The summed E-state index contributed by atoms with van der Waals surface area (Å²) in [7, 11) is 1.71. The van der Waals surface area contributed by atoms with Crippen molar-refractivity contribution in [1.29, 1.82) is 0 Å². The Labute approximate surface area is 141 Å². The molecule has 0 aliphatic carbocycles. The molecule has 0 aromatic heterocycles. The van der Waals surface area contributed by atoms with E-state index in [0.29, 0.717) is 5.02 Å². The molecular weight excluding hydrogens is 312 g/mol. The lowest BCUT2D eigenvalue weighted by molar-refractivity contribution is 0.249. The first-order valence-corrected chi connectivity index (χ1v) is 8.13. The molecule has 0 radical (unpaired) electrons. The smallest absolute Gasteiger partial charge is 0.142 e. The van der Waals surface area contributed by atoms with Crippen LogP contribution in [0.2, 0.25) is 5.02 Å². The number of phenolic OH excluding ortho intramolecular Hbond substituents is 1. The third-order valence-electron chi connectivity index (χ3n) is 4.25. The summed E-state index contributed by atoms with van der Waals surface area (Å²) >= 11 is 6.17. The first kappa shape index (κ1) is 16.0. The number of anilines is 1. The van der Waals surface area contributed by atoms with Gasteiger partial charge in [-0.1, -0.05) is 35.9 Å². The summed E-state index contributed by atoms with van der Waals surface area (Å²) in [5.41, 5.74) is 2.11. The molecule has 0 bridgehead atoms. The average molecular weight is 333 g/mol. The number of para-hydroxylation sites is 2. The van der Waals surface area contributed by atoms with Crippen molar-refractivity contribution in [3.8, 4) is 11.5 Å². The van der Waals surface area contributed by atoms with E-state index in [4.69, 9.17) is 16.3 Å². The first-order valence-electron chi connectivity index (χ1n) is 7.75. The number of hydrogen-bond donors (Lipinski definition) is 1. The summed E-state index contributed by atoms with van der Waals surface area (Å²) in [5, 5.41) is 10.2. The average Bonchev–Trinajstić information content (AvgIpc) is 2.59. The number of ether oxygens (including phenoxy) is 1. The number of aromatic hydroxyl groups is 1. The fourth-order valence-corrected chi connectivity index (χ4v) is 3.15. The third-order valence-corrected chi connectivity index (χ3v) is 4.69. The van der Waals surface area contributed by atoms with Crippen LogP contribution in [0.15, 0.2) is 42.5 Å². The van der Waals surface area contributed by atoms with E-state index in [-0.39, 0.29) is 5.75 Å². The second-order valence-corrected chi connectivity index (χ2v) is 6.06. The second kappa shape index (κ2) is 7.11. The molecule has 1 heterocycles. The third kappa shape index (κ3) is 3.54. The maximum Gasteiger partial charge on any atom is 0.142 e. The summed E-state index contributed by atoms with van der Waals surface area (Å²) in [5.74, 6) is 1.06. The molecule has 1 fully saturated rings. The SMILES string of the molecule is COc1ccccc1N1CCN(Cc2cccc(O)c2Cl)CC1. The number of hydrogen-bond acceptors (Lipinski definition) is 4. The molecule has 122 valence electrons. The lowest BCUT2D eigenvalue weighted by Crippen LogP contribution is -2.46. The maximum absolute atomic E-state index is 9.71. The van der Waals surface area contributed by atoms with Crippen molar-refractivity contribution in [2.75, 3.05) is 38.2 Å². The van der Waals surface area contributed by atoms with Crippen LogP contribution in [0, 0.1) is 0 Å². The molecule has 3 rings (SSSR count). The molecule has 4 nitrogen and oxygen atoms in total. The van der Waals surface area contributed by atoms with E-state index < -0.39 is 0 Å². The molecule has 0 amide bonds. The molecule has 1 saturated heterocycles. The van der Waals surface area contributed by atoms with Gasteiger partial charge < -0.3 is 14.7 Å². The highest BCUT2D eigenvalue weighted by molar-refractivity contribution is 6.32. The van der Waals surface area contributed by atoms with Gasteiger partial charge in [0.1, 0.15) is 11.5 Å². The molecule has 23 heavy (non-hydrogen) atoms. The Morgan fingerprint density at radius 2 is 1.78 bits per heavy atom. The van der Waals surface area contributed by atoms with Crippen LogP contribution in [0.5, 0.6) is 11.5 Å². The monoisotopic (exact) mass is 332 g/mol. The van der Waals surface area contributed by atoms with E-state index in [1.165, 1.54) is 0 Å². The van der Waals surface area contributed by atoms with E-state index >= 15 is 0 Å². The van der Waals surface area contributed by atoms with Crippen LogP contribution in [-0.2, 0) is 6.54 Å². The molecule has 5 heteroatoms. The van der Waals surface area contributed by atoms with Gasteiger partial charge in [-0.2, -0.15) is 0 Å². The van der Waals surface area contributed by atoms with E-state index in [1.807, 2.05) is 30.3 Å². The zero-order valence-electron chi connectivity index (χ0n) is 13.2. The normalized spacial score (nSPS) is 15.7. The molecule has 1 aliphatic rings. The van der Waals surface area contributed by atoms with Crippen molar-refractivity contribution in [2.24, 2.45) is 0 Å². The predicted octanol–water partition coefficient (Wildman–Crippen LogP) is 3.38. The molecule has 0 spiro atoms. The number of rotatable bonds is 4. The molecule has 0 unspecified atom stereocenters. The Kier molecular flexibility index (Phi) is 4.94. The fraction of sp³-hybridized carbons (Fsp3) is 0.333. The highest BCUT2D eigenvalue weighted by atomic mass is 35.5. The van der Waals surface area contributed by atoms with Crippen molar-refractivity contribution in [2.45, 2.75) is 6.54 Å². The van der Waals surface area contributed by atoms with Crippen molar-refractivity contribution in [1.82, 2.24) is 4.90 Å². The quantitative estimate of drug-likeness (QED) is 0.931. The lowest BCUT2D eigenvalue weighted by atomic mass is 10.1. The summed E-state index contributed by atoms with van der Waals surface area (Å²) in [4.78, 5) is 4.70. The maximum atomic E-state index is 9.71. The number of halogens is 1. The minimum absolute atomic E-state index is 0.150. The summed E-state index contributed by atoms with van der Waals surface area (Å²) in [6.45, 7) is 4.54. The van der Waals surface area contributed by atoms with E-state index in [9.17, 15) is 5.11 Å². The van der Waals surface area contributed by atoms with Crippen LogP contribution in [-0.4, -0.2) is 43.3 Å². The van der Waals surface area contributed by atoms with Crippen LogP contribution in [0.1, 0.15) is 5.56 Å². The van der Waals surface area contributed by atoms with Crippen LogP contribution in [0.3, 0.4) is 0 Å². The summed E-state index contributed by atoms with van der Waals surface area (Å²) in [6.07, 6.45) is 0. The number of nitrogens with zero attached hydrogens (tertiary/aromatic N) is 2. The van der Waals surface area contributed by atoms with Gasteiger partial charge in [0.05, 0.1) is 17.8 Å². The lowest BCUT2D eigenvalue weighted by Gasteiger charge is -2.36. The number of piperazine rings is 1. The van der Waals surface area contributed by atoms with Gasteiger partial charge in [0.15, 0.2) is 0 Å². The number of phenols is 1. The van der Waals surface area contributed by atoms with Gasteiger partial charge in [0.25, 0.3) is 0 Å². The second-order valence-electron chi connectivity index (χ2n) is 5.69. The highest BCUT2D eigenvalue weighted by Crippen LogP contribution is 2.30. The van der Waals surface area contributed by atoms with Crippen LogP contribution in [0.25, 0.3) is 0 Å². The zero-order chi connectivity index (χ0) is 16.2. The van der Waals surface area contributed by atoms with E-state index in [1.54, 1.807) is 13.2 Å². The zero-order valence-corrected chi connectivity index (χ0v) is 14.0. The van der Waals surface area contributed by atoms with Gasteiger partial charge >= 0.3 is 0 Å². The Morgan fingerprint density at radius 3 is 2.52 bits per heavy atom. The van der Waals surface area contributed by atoms with Gasteiger partial charge in [-0.3, -0.25) is 4.90 Å². The van der Waals surface area contributed by atoms with Gasteiger partial charge in [-0.15, -0.1) is 0 Å². The molecular formula is C18H21ClN2O2. The largest absolute Gasteiger partial charge is 0.506 e. The standard InChI is InChI=1S/C18H21ClN2O2/c1-23-17-8-3-2-6-15(17)21-11-9-20(10-12-21)13-14-5-4-7-16(22)18(14)19/h2-8,22H,9-13H2,1H3. The van der Waals surface area contributed by atoms with Gasteiger partial charge in [-0.05, 0) is 23.8 Å².